The van der Waals surface area contributed by atoms with Gasteiger partial charge in [-0.3, -0.25) is 0 Å². The topological polar surface area (TPSA) is 73.3 Å². The summed E-state index contributed by atoms with van der Waals surface area (Å²) < 4.78 is 66.4. The van der Waals surface area contributed by atoms with Crippen molar-refractivity contribution in [2.24, 2.45) is 0 Å². The van der Waals surface area contributed by atoms with Crippen LogP contribution in [0.1, 0.15) is 23.6 Å². The number of aryl methyl sites for hydroxylation is 1. The predicted octanol–water partition coefficient (Wildman–Crippen LogP) is 3.16. The third-order valence-electron chi connectivity index (χ3n) is 3.33. The van der Waals surface area contributed by atoms with Crippen molar-refractivity contribution < 1.29 is 22.0 Å². The van der Waals surface area contributed by atoms with Crippen molar-refractivity contribution in [1.82, 2.24) is 34.4 Å². The van der Waals surface area contributed by atoms with Gasteiger partial charge in [-0.25, -0.2) is 18.3 Å². The van der Waals surface area contributed by atoms with Crippen molar-refractivity contribution in [3.05, 3.63) is 29.5 Å². The van der Waals surface area contributed by atoms with Gasteiger partial charge in [-0.05, 0) is 13.0 Å². The highest BCUT2D eigenvalue weighted by molar-refractivity contribution is 7.19. The summed E-state index contributed by atoms with van der Waals surface area (Å²) in [6.45, 7) is 1.53. The molecule has 0 aliphatic heterocycles. The first-order valence-corrected chi connectivity index (χ1v) is 7.50. The van der Waals surface area contributed by atoms with E-state index in [0.717, 1.165) is 15.9 Å². The van der Waals surface area contributed by atoms with E-state index in [4.69, 9.17) is 0 Å². The minimum atomic E-state index is -4.72. The molecular formula is C12H6F5N7S. The van der Waals surface area contributed by atoms with Crippen LogP contribution < -0.4 is 0 Å². The zero-order valence-corrected chi connectivity index (χ0v) is 13.0. The Morgan fingerprint density at radius 1 is 1.16 bits per heavy atom. The summed E-state index contributed by atoms with van der Waals surface area (Å²) in [6.07, 6.45) is -6.28. The molecule has 0 aliphatic carbocycles. The lowest BCUT2D eigenvalue weighted by Gasteiger charge is -2.05. The number of alkyl halides is 5. The summed E-state index contributed by atoms with van der Waals surface area (Å²) in [5, 5.41) is 14.3. The Kier molecular flexibility index (Phi) is 3.25. The van der Waals surface area contributed by atoms with E-state index in [9.17, 15) is 22.0 Å². The van der Waals surface area contributed by atoms with Crippen molar-refractivity contribution in [2.45, 2.75) is 19.5 Å². The number of hydrogen-bond acceptors (Lipinski definition) is 6. The van der Waals surface area contributed by atoms with Gasteiger partial charge in [-0.15, -0.1) is 10.2 Å². The lowest BCUT2D eigenvalue weighted by molar-refractivity contribution is -0.146. The van der Waals surface area contributed by atoms with Gasteiger partial charge in [0.25, 0.3) is 12.2 Å². The maximum absolute atomic E-state index is 13.1. The lowest BCUT2D eigenvalue weighted by Crippen LogP contribution is -2.11. The van der Waals surface area contributed by atoms with Crippen LogP contribution in [0, 0.1) is 6.92 Å². The quantitative estimate of drug-likeness (QED) is 0.503. The SMILES string of the molecule is Cc1cc(C(F)F)n2ncc(-c3nn4c(C(F)(F)F)nnc4s3)c2n1. The fourth-order valence-corrected chi connectivity index (χ4v) is 3.17. The van der Waals surface area contributed by atoms with Crippen LogP contribution in [0.2, 0.25) is 0 Å². The fraction of sp³-hybridized carbons (Fsp3) is 0.250. The van der Waals surface area contributed by atoms with Crippen molar-refractivity contribution in [3.8, 4) is 10.6 Å². The van der Waals surface area contributed by atoms with Crippen molar-refractivity contribution in [2.75, 3.05) is 0 Å². The van der Waals surface area contributed by atoms with Gasteiger partial charge in [-0.2, -0.15) is 27.9 Å². The molecule has 25 heavy (non-hydrogen) atoms. The molecule has 7 nitrogen and oxygen atoms in total. The molecule has 0 spiro atoms. The second kappa shape index (κ2) is 5.15. The van der Waals surface area contributed by atoms with E-state index >= 15 is 0 Å². The highest BCUT2D eigenvalue weighted by Gasteiger charge is 2.38. The van der Waals surface area contributed by atoms with Gasteiger partial charge in [-0.1, -0.05) is 11.3 Å². The molecule has 13 heteroatoms. The van der Waals surface area contributed by atoms with E-state index in [2.05, 4.69) is 25.4 Å². The molecule has 4 rings (SSSR count). The molecular weight excluding hydrogens is 369 g/mol. The van der Waals surface area contributed by atoms with Crippen LogP contribution in [0.5, 0.6) is 0 Å². The van der Waals surface area contributed by atoms with Gasteiger partial charge < -0.3 is 0 Å². The molecule has 4 heterocycles. The average Bonchev–Trinajstić information content (AvgIpc) is 3.16. The van der Waals surface area contributed by atoms with Crippen molar-refractivity contribution in [1.29, 1.82) is 0 Å². The predicted molar refractivity (Wildman–Crippen MR) is 75.3 cm³/mol. The minimum absolute atomic E-state index is 0.0776. The van der Waals surface area contributed by atoms with Crippen LogP contribution in [-0.2, 0) is 6.18 Å². The molecule has 0 amide bonds. The van der Waals surface area contributed by atoms with Crippen LogP contribution in [0.4, 0.5) is 22.0 Å². The molecule has 0 saturated carbocycles. The Morgan fingerprint density at radius 2 is 1.92 bits per heavy atom. The molecule has 0 fully saturated rings. The highest BCUT2D eigenvalue weighted by atomic mass is 32.1. The van der Waals surface area contributed by atoms with Gasteiger partial charge in [0.2, 0.25) is 4.96 Å². The number of nitrogens with zero attached hydrogens (tertiary/aromatic N) is 7. The fourth-order valence-electron chi connectivity index (χ4n) is 2.32. The van der Waals surface area contributed by atoms with Crippen LogP contribution in [0.25, 0.3) is 21.2 Å². The zero-order valence-electron chi connectivity index (χ0n) is 12.2. The molecule has 0 aliphatic rings. The molecule has 0 atom stereocenters. The van der Waals surface area contributed by atoms with E-state index in [1.165, 1.54) is 19.2 Å². The Morgan fingerprint density at radius 3 is 2.60 bits per heavy atom. The maximum atomic E-state index is 13.1. The summed E-state index contributed by atoms with van der Waals surface area (Å²) in [7, 11) is 0. The van der Waals surface area contributed by atoms with Gasteiger partial charge in [0, 0.05) is 5.69 Å². The van der Waals surface area contributed by atoms with Crippen molar-refractivity contribution in [3.63, 3.8) is 0 Å². The number of fused-ring (bicyclic) bond motifs is 2. The normalized spacial score (nSPS) is 12.8. The largest absolute Gasteiger partial charge is 0.453 e. The monoisotopic (exact) mass is 375 g/mol. The number of hydrogen-bond donors (Lipinski definition) is 0. The van der Waals surface area contributed by atoms with E-state index in [0.29, 0.717) is 10.2 Å². The van der Waals surface area contributed by atoms with E-state index in [1.54, 1.807) is 0 Å². The van der Waals surface area contributed by atoms with Gasteiger partial charge >= 0.3 is 6.18 Å². The standard InChI is InChI=1S/C12H6F5N7S/c1-4-2-6(7(13)14)23-8(19-4)5(3-18-23)9-22-24-10(12(15,16)17)20-21-11(24)25-9/h2-3,7H,1H3. The van der Waals surface area contributed by atoms with Crippen LogP contribution in [0.3, 0.4) is 0 Å². The molecule has 0 saturated heterocycles. The first-order chi connectivity index (χ1) is 11.8. The summed E-state index contributed by atoms with van der Waals surface area (Å²) in [5.41, 5.74) is 0.263. The third-order valence-corrected chi connectivity index (χ3v) is 4.26. The third kappa shape index (κ3) is 2.42. The zero-order chi connectivity index (χ0) is 17.9. The molecule has 4 aromatic heterocycles. The maximum Gasteiger partial charge on any atom is 0.453 e. The smallest absolute Gasteiger partial charge is 0.233 e. The summed E-state index contributed by atoms with van der Waals surface area (Å²) in [4.78, 5) is 4.07. The lowest BCUT2D eigenvalue weighted by atomic mass is 10.3. The van der Waals surface area contributed by atoms with Crippen LogP contribution in [0.15, 0.2) is 12.3 Å². The highest BCUT2D eigenvalue weighted by Crippen LogP contribution is 2.33. The van der Waals surface area contributed by atoms with E-state index < -0.39 is 18.4 Å². The molecule has 0 bridgehead atoms. The van der Waals surface area contributed by atoms with Gasteiger partial charge in [0.15, 0.2) is 10.7 Å². The van der Waals surface area contributed by atoms with Crippen LogP contribution in [-0.4, -0.2) is 34.4 Å². The Bertz CT molecular complexity index is 1090. The average molecular weight is 375 g/mol. The molecule has 0 N–H and O–H groups in total. The Labute approximate surface area is 138 Å². The van der Waals surface area contributed by atoms with Crippen LogP contribution >= 0.6 is 11.3 Å². The number of aromatic nitrogens is 7. The minimum Gasteiger partial charge on any atom is -0.233 e. The van der Waals surface area contributed by atoms with Gasteiger partial charge in [0.05, 0.1) is 11.8 Å². The second-order valence-electron chi connectivity index (χ2n) is 5.04. The van der Waals surface area contributed by atoms with Crippen molar-refractivity contribution >= 4 is 21.9 Å². The molecule has 0 radical (unpaired) electrons. The number of rotatable bonds is 2. The molecule has 0 unspecified atom stereocenters. The summed E-state index contributed by atoms with van der Waals surface area (Å²) in [6, 6.07) is 1.19. The first kappa shape index (κ1) is 15.8. The summed E-state index contributed by atoms with van der Waals surface area (Å²) >= 11 is 0.824. The molecule has 130 valence electrons. The Balaban J connectivity index is 1.93. The summed E-state index contributed by atoms with van der Waals surface area (Å²) in [5.74, 6) is -1.26. The number of halogens is 5. The van der Waals surface area contributed by atoms with Gasteiger partial charge in [0.1, 0.15) is 5.69 Å². The molecule has 0 aromatic carbocycles. The van der Waals surface area contributed by atoms with E-state index in [-0.39, 0.29) is 26.9 Å². The molecule has 4 aromatic rings. The Hall–Kier alpha value is -2.70. The second-order valence-corrected chi connectivity index (χ2v) is 6.00. The first-order valence-electron chi connectivity index (χ1n) is 6.69. The van der Waals surface area contributed by atoms with E-state index in [1.807, 2.05) is 0 Å².